The minimum atomic E-state index is -0.0386. The van der Waals surface area contributed by atoms with Gasteiger partial charge in [-0.3, -0.25) is 4.40 Å². The van der Waals surface area contributed by atoms with Gasteiger partial charge in [0.25, 0.3) is 5.82 Å². The van der Waals surface area contributed by atoms with Crippen molar-refractivity contribution in [1.29, 1.82) is 0 Å². The summed E-state index contributed by atoms with van der Waals surface area (Å²) in [6.07, 6.45) is 1.62. The van der Waals surface area contributed by atoms with Crippen molar-refractivity contribution in [3.63, 3.8) is 0 Å². The largest absolute Gasteiger partial charge is 0.360 e. The fourth-order valence-electron chi connectivity index (χ4n) is 1.45. The van der Waals surface area contributed by atoms with Crippen molar-refractivity contribution in [2.45, 2.75) is 26.2 Å². The standard InChI is InChI=1S/C11H11BrN4/c1-11(2,3)9-10(12)16-6-14-7(13-4)5-8(16)15-9/h5-6H,1-3H3. The van der Waals surface area contributed by atoms with Crippen LogP contribution >= 0.6 is 15.9 Å². The van der Waals surface area contributed by atoms with Crippen molar-refractivity contribution >= 4 is 27.4 Å². The summed E-state index contributed by atoms with van der Waals surface area (Å²) in [6, 6.07) is 1.69. The van der Waals surface area contributed by atoms with Gasteiger partial charge in [0.15, 0.2) is 6.33 Å². The van der Waals surface area contributed by atoms with Crippen LogP contribution in [0.1, 0.15) is 26.5 Å². The number of hydrogen-bond acceptors (Lipinski definition) is 2. The average Bonchev–Trinajstić information content (AvgIpc) is 2.55. The highest BCUT2D eigenvalue weighted by atomic mass is 79.9. The lowest BCUT2D eigenvalue weighted by atomic mass is 9.93. The predicted molar refractivity (Wildman–Crippen MR) is 65.6 cm³/mol. The first-order valence-corrected chi connectivity index (χ1v) is 5.64. The molecule has 0 aliphatic carbocycles. The molecule has 2 aromatic rings. The Morgan fingerprint density at radius 1 is 1.44 bits per heavy atom. The normalized spacial score (nSPS) is 11.7. The molecule has 2 aromatic heterocycles. The number of halogens is 1. The zero-order valence-electron chi connectivity index (χ0n) is 9.32. The van der Waals surface area contributed by atoms with Crippen LogP contribution in [0.3, 0.4) is 0 Å². The quantitative estimate of drug-likeness (QED) is 0.693. The van der Waals surface area contributed by atoms with Crippen LogP contribution < -0.4 is 0 Å². The maximum absolute atomic E-state index is 6.92. The van der Waals surface area contributed by atoms with Gasteiger partial charge in [0.05, 0.1) is 5.69 Å². The Morgan fingerprint density at radius 2 is 2.12 bits per heavy atom. The number of fused-ring (bicyclic) bond motifs is 1. The lowest BCUT2D eigenvalue weighted by Crippen LogP contribution is -2.12. The Morgan fingerprint density at radius 3 is 2.69 bits per heavy atom. The second-order valence-electron chi connectivity index (χ2n) is 4.59. The van der Waals surface area contributed by atoms with Crippen LogP contribution in [-0.2, 0) is 5.41 Å². The van der Waals surface area contributed by atoms with E-state index < -0.39 is 0 Å². The van der Waals surface area contributed by atoms with Crippen LogP contribution in [0.2, 0.25) is 0 Å². The first-order valence-electron chi connectivity index (χ1n) is 4.85. The first-order chi connectivity index (χ1) is 7.43. The molecule has 0 aliphatic heterocycles. The third-order valence-electron chi connectivity index (χ3n) is 2.27. The fraction of sp³-hybridized carbons (Fsp3) is 0.364. The Kier molecular flexibility index (Phi) is 2.47. The summed E-state index contributed by atoms with van der Waals surface area (Å²) >= 11 is 3.52. The van der Waals surface area contributed by atoms with Crippen molar-refractivity contribution < 1.29 is 0 Å². The number of nitrogens with zero attached hydrogens (tertiary/aromatic N) is 4. The molecule has 0 atom stereocenters. The van der Waals surface area contributed by atoms with Gasteiger partial charge in [-0.25, -0.2) is 4.98 Å². The molecule has 0 N–H and O–H groups in total. The lowest BCUT2D eigenvalue weighted by Gasteiger charge is -2.15. The molecule has 0 fully saturated rings. The summed E-state index contributed by atoms with van der Waals surface area (Å²) < 4.78 is 2.74. The molecule has 0 aliphatic rings. The van der Waals surface area contributed by atoms with E-state index in [1.807, 2.05) is 4.40 Å². The minimum absolute atomic E-state index is 0.0386. The van der Waals surface area contributed by atoms with Crippen LogP contribution in [0, 0.1) is 6.57 Å². The summed E-state index contributed by atoms with van der Waals surface area (Å²) in [5.74, 6) is 0.366. The van der Waals surface area contributed by atoms with Crippen LogP contribution in [0.4, 0.5) is 5.82 Å². The lowest BCUT2D eigenvalue weighted by molar-refractivity contribution is 0.569. The highest BCUT2D eigenvalue weighted by Gasteiger charge is 2.22. The Labute approximate surface area is 102 Å². The second kappa shape index (κ2) is 3.56. The van der Waals surface area contributed by atoms with Crippen LogP contribution in [0.25, 0.3) is 10.5 Å². The first kappa shape index (κ1) is 11.1. The van der Waals surface area contributed by atoms with Crippen molar-refractivity contribution in [2.24, 2.45) is 0 Å². The van der Waals surface area contributed by atoms with Crippen LogP contribution in [0.5, 0.6) is 0 Å². The molecule has 0 saturated heterocycles. The molecule has 82 valence electrons. The van der Waals surface area contributed by atoms with E-state index in [0.29, 0.717) is 5.82 Å². The Hall–Kier alpha value is -1.41. The third kappa shape index (κ3) is 1.69. The van der Waals surface area contributed by atoms with E-state index in [9.17, 15) is 0 Å². The smallest absolute Gasteiger partial charge is 0.274 e. The molecule has 16 heavy (non-hydrogen) atoms. The van der Waals surface area contributed by atoms with Crippen molar-refractivity contribution in [2.75, 3.05) is 0 Å². The fourth-order valence-corrected chi connectivity index (χ4v) is 2.41. The highest BCUT2D eigenvalue weighted by molar-refractivity contribution is 9.10. The van der Waals surface area contributed by atoms with E-state index in [-0.39, 0.29) is 5.41 Å². The van der Waals surface area contributed by atoms with Gasteiger partial charge in [0.1, 0.15) is 10.3 Å². The molecule has 0 bridgehead atoms. The summed E-state index contributed by atoms with van der Waals surface area (Å²) in [5, 5.41) is 0. The molecule has 2 heterocycles. The Bertz CT molecular complexity index is 586. The minimum Gasteiger partial charge on any atom is -0.360 e. The van der Waals surface area contributed by atoms with Gasteiger partial charge >= 0.3 is 0 Å². The van der Waals surface area contributed by atoms with E-state index in [4.69, 9.17) is 6.57 Å². The molecule has 2 rings (SSSR count). The second-order valence-corrected chi connectivity index (χ2v) is 5.34. The zero-order valence-corrected chi connectivity index (χ0v) is 10.9. The summed E-state index contributed by atoms with van der Waals surface area (Å²) in [4.78, 5) is 11.8. The number of rotatable bonds is 0. The van der Waals surface area contributed by atoms with E-state index in [0.717, 1.165) is 15.9 Å². The molecule has 0 spiro atoms. The van der Waals surface area contributed by atoms with Crippen molar-refractivity contribution in [3.8, 4) is 0 Å². The van der Waals surface area contributed by atoms with Crippen LogP contribution in [-0.4, -0.2) is 14.4 Å². The Balaban J connectivity index is 2.74. The van der Waals surface area contributed by atoms with Gasteiger partial charge in [0, 0.05) is 11.5 Å². The SMILES string of the molecule is [C-]#[N+]c1cc2nc(C(C)(C)C)c(Br)n2cn1. The number of aromatic nitrogens is 3. The molecule has 5 heteroatoms. The number of hydrogen-bond donors (Lipinski definition) is 0. The number of imidazole rings is 1. The van der Waals surface area contributed by atoms with Gasteiger partial charge in [-0.1, -0.05) is 27.3 Å². The van der Waals surface area contributed by atoms with E-state index in [2.05, 4.69) is 51.5 Å². The zero-order chi connectivity index (χ0) is 11.9. The molecule has 0 aromatic carbocycles. The maximum Gasteiger partial charge on any atom is 0.274 e. The average molecular weight is 279 g/mol. The van der Waals surface area contributed by atoms with E-state index >= 15 is 0 Å². The maximum atomic E-state index is 6.92. The summed E-state index contributed by atoms with van der Waals surface area (Å²) in [7, 11) is 0. The topological polar surface area (TPSA) is 34.5 Å². The van der Waals surface area contributed by atoms with Crippen molar-refractivity contribution in [1.82, 2.24) is 14.4 Å². The van der Waals surface area contributed by atoms with E-state index in [1.165, 1.54) is 0 Å². The van der Waals surface area contributed by atoms with Gasteiger partial charge in [-0.15, -0.1) is 4.98 Å². The molecular weight excluding hydrogens is 268 g/mol. The van der Waals surface area contributed by atoms with Gasteiger partial charge in [0.2, 0.25) is 0 Å². The van der Waals surface area contributed by atoms with Gasteiger partial charge in [-0.05, 0) is 15.9 Å². The summed E-state index contributed by atoms with van der Waals surface area (Å²) in [5.41, 5.74) is 1.68. The molecule has 0 amide bonds. The van der Waals surface area contributed by atoms with Crippen LogP contribution in [0.15, 0.2) is 17.0 Å². The van der Waals surface area contributed by atoms with Crippen molar-refractivity contribution in [3.05, 3.63) is 34.1 Å². The van der Waals surface area contributed by atoms with E-state index in [1.54, 1.807) is 12.4 Å². The molecule has 0 radical (unpaired) electrons. The third-order valence-corrected chi connectivity index (χ3v) is 3.03. The summed E-state index contributed by atoms with van der Waals surface area (Å²) in [6.45, 7) is 13.2. The highest BCUT2D eigenvalue weighted by Crippen LogP contribution is 2.30. The predicted octanol–water partition coefficient (Wildman–Crippen LogP) is 3.34. The van der Waals surface area contributed by atoms with Gasteiger partial charge < -0.3 is 4.85 Å². The molecule has 0 unspecified atom stereocenters. The monoisotopic (exact) mass is 278 g/mol. The molecular formula is C11H11BrN4. The molecule has 4 nitrogen and oxygen atoms in total. The molecule has 0 saturated carbocycles. The van der Waals surface area contributed by atoms with Gasteiger partial charge in [-0.2, -0.15) is 0 Å².